The van der Waals surface area contributed by atoms with Crippen molar-refractivity contribution in [2.45, 2.75) is 20.1 Å². The molecule has 1 N–H and O–H groups in total. The van der Waals surface area contributed by atoms with Crippen LogP contribution >= 0.6 is 8.25 Å². The number of halogens is 1. The van der Waals surface area contributed by atoms with E-state index in [4.69, 9.17) is 18.9 Å². The van der Waals surface area contributed by atoms with Gasteiger partial charge in [-0.3, -0.25) is 4.79 Å². The lowest BCUT2D eigenvalue weighted by Gasteiger charge is -2.16. The zero-order chi connectivity index (χ0) is 21.0. The molecule has 0 radical (unpaired) electrons. The fourth-order valence-corrected chi connectivity index (χ4v) is 3.20. The fraction of sp³-hybridized carbons (Fsp3) is 0.250. The summed E-state index contributed by atoms with van der Waals surface area (Å²) in [6.45, 7) is 1.92. The first kappa shape index (κ1) is 20.9. The molecule has 7 nitrogen and oxygen atoms in total. The summed E-state index contributed by atoms with van der Waals surface area (Å²) >= 11 is 0. The number of hydrogen-bond donors (Lipinski definition) is 1. The van der Waals surface area contributed by atoms with Gasteiger partial charge in [0.15, 0.2) is 12.2 Å². The number of rotatable bonds is 8. The quantitative estimate of drug-likeness (QED) is 0.549. The van der Waals surface area contributed by atoms with E-state index < -0.39 is 19.5 Å². The number of nitrogens with zero attached hydrogens (tertiary/aromatic N) is 1. The van der Waals surface area contributed by atoms with Crippen LogP contribution in [0.4, 0.5) is 4.39 Å². The van der Waals surface area contributed by atoms with E-state index in [9.17, 15) is 13.8 Å². The highest BCUT2D eigenvalue weighted by atomic mass is 31.1. The van der Waals surface area contributed by atoms with Crippen LogP contribution in [-0.4, -0.2) is 23.2 Å². The minimum absolute atomic E-state index is 0.164. The lowest BCUT2D eigenvalue weighted by atomic mass is 10.0. The summed E-state index contributed by atoms with van der Waals surface area (Å²) in [6.07, 6.45) is 2.18. The molecule has 3 aromatic rings. The lowest BCUT2D eigenvalue weighted by Crippen LogP contribution is -2.15. The van der Waals surface area contributed by atoms with Crippen LogP contribution in [0.1, 0.15) is 13.3 Å². The molecule has 9 heteroatoms. The molecule has 1 atom stereocenters. The Morgan fingerprint density at radius 1 is 1.17 bits per heavy atom. The first-order valence-corrected chi connectivity index (χ1v) is 10.0. The molecule has 0 aliphatic heterocycles. The van der Waals surface area contributed by atoms with Gasteiger partial charge in [0.1, 0.15) is 17.3 Å². The van der Waals surface area contributed by atoms with E-state index >= 15 is 0 Å². The maximum Gasteiger partial charge on any atom is 0.696 e. The van der Waals surface area contributed by atoms with Crippen molar-refractivity contribution in [2.24, 2.45) is 0 Å². The molecule has 1 unspecified atom stereocenters. The van der Waals surface area contributed by atoms with Crippen LogP contribution in [0.5, 0.6) is 11.5 Å². The lowest BCUT2D eigenvalue weighted by molar-refractivity contribution is 0.220. The number of benzene rings is 2. The molecule has 0 saturated carbocycles. The first-order chi connectivity index (χ1) is 14.0. The number of methoxy groups -OCH3 is 1. The van der Waals surface area contributed by atoms with Gasteiger partial charge in [0.2, 0.25) is 0 Å². The number of aromatic nitrogens is 1. The van der Waals surface area contributed by atoms with E-state index in [1.54, 1.807) is 24.3 Å². The van der Waals surface area contributed by atoms with Crippen molar-refractivity contribution >= 4 is 19.2 Å². The maximum absolute atomic E-state index is 14.7. The second kappa shape index (κ2) is 9.13. The molecule has 152 valence electrons. The van der Waals surface area contributed by atoms with Gasteiger partial charge in [-0.2, -0.15) is 0 Å². The van der Waals surface area contributed by atoms with Crippen molar-refractivity contribution in [1.29, 1.82) is 0 Å². The second-order valence-electron chi connectivity index (χ2n) is 6.18. The van der Waals surface area contributed by atoms with Crippen molar-refractivity contribution in [3.05, 3.63) is 58.6 Å². The Bertz CT molecular complexity index is 1100. The number of hydrogen-bond acceptors (Lipinski definition) is 5. The van der Waals surface area contributed by atoms with Crippen LogP contribution in [0.2, 0.25) is 0 Å². The molecule has 3 rings (SSSR count). The van der Waals surface area contributed by atoms with Crippen LogP contribution < -0.4 is 14.9 Å². The Hall–Kier alpha value is -2.80. The average Bonchev–Trinajstić information content (AvgIpc) is 2.72. The molecule has 0 aliphatic rings. The maximum atomic E-state index is 14.7. The van der Waals surface area contributed by atoms with Crippen LogP contribution in [0.15, 0.2) is 47.4 Å². The zero-order valence-corrected chi connectivity index (χ0v) is 16.8. The van der Waals surface area contributed by atoms with Crippen LogP contribution in [0, 0.1) is 5.82 Å². The highest BCUT2D eigenvalue weighted by Crippen LogP contribution is 2.30. The summed E-state index contributed by atoms with van der Waals surface area (Å²) in [5, 5.41) is -0.177. The van der Waals surface area contributed by atoms with Crippen molar-refractivity contribution in [3.63, 3.8) is 0 Å². The Kier molecular flexibility index (Phi) is 6.59. The summed E-state index contributed by atoms with van der Waals surface area (Å²) in [5.41, 5.74) is 0.398. The molecule has 0 bridgehead atoms. The number of pyridine rings is 1. The highest BCUT2D eigenvalue weighted by Gasteiger charge is 2.21. The van der Waals surface area contributed by atoms with Crippen molar-refractivity contribution < 1.29 is 27.8 Å². The average molecular weight is 420 g/mol. The number of fused-ring (bicyclic) bond motifs is 1. The van der Waals surface area contributed by atoms with Gasteiger partial charge in [0, 0.05) is 16.3 Å². The number of ether oxygens (including phenoxy) is 2. The molecule has 0 amide bonds. The molecule has 2 aromatic carbocycles. The standard InChI is InChI=1S/C20H19FNO6P/c1-3-10-27-17-9-8-16(21)18-19(17)22(12-28-29(24)25)11-15(20(18)23)13-4-6-14(26-2)7-5-13/h4-9,11H,3,10,12H2,1-2H3/p+1. The summed E-state index contributed by atoms with van der Waals surface area (Å²) in [5.74, 6) is 0.182. The third kappa shape index (κ3) is 4.45. The van der Waals surface area contributed by atoms with Gasteiger partial charge < -0.3 is 14.0 Å². The molecular formula is C20H20FNO6P+. The van der Waals surface area contributed by atoms with Gasteiger partial charge in [0.25, 0.3) is 0 Å². The third-order valence-corrected chi connectivity index (χ3v) is 4.64. The monoisotopic (exact) mass is 420 g/mol. The minimum Gasteiger partial charge on any atom is -0.497 e. The molecule has 0 aliphatic carbocycles. The summed E-state index contributed by atoms with van der Waals surface area (Å²) in [6, 6.07) is 9.31. The fourth-order valence-electron chi connectivity index (χ4n) is 2.98. The molecule has 0 saturated heterocycles. The molecule has 0 fully saturated rings. The van der Waals surface area contributed by atoms with Crippen LogP contribution in [-0.2, 0) is 15.8 Å². The van der Waals surface area contributed by atoms with E-state index in [1.165, 1.54) is 30.0 Å². The van der Waals surface area contributed by atoms with Crippen LogP contribution in [0.25, 0.3) is 22.0 Å². The first-order valence-electron chi connectivity index (χ1n) is 8.88. The molecule has 0 spiro atoms. The largest absolute Gasteiger partial charge is 0.696 e. The van der Waals surface area contributed by atoms with Crippen molar-refractivity contribution in [1.82, 2.24) is 4.57 Å². The normalized spacial score (nSPS) is 11.5. The van der Waals surface area contributed by atoms with E-state index in [2.05, 4.69) is 0 Å². The Morgan fingerprint density at radius 2 is 1.90 bits per heavy atom. The van der Waals surface area contributed by atoms with Gasteiger partial charge in [-0.15, -0.1) is 4.89 Å². The van der Waals surface area contributed by atoms with Crippen molar-refractivity contribution in [3.8, 4) is 22.6 Å². The Balaban J connectivity index is 2.28. The predicted molar refractivity (Wildman–Crippen MR) is 107 cm³/mol. The van der Waals surface area contributed by atoms with E-state index in [0.29, 0.717) is 30.1 Å². The summed E-state index contributed by atoms with van der Waals surface area (Å²) in [4.78, 5) is 22.2. The summed E-state index contributed by atoms with van der Waals surface area (Å²) in [7, 11) is -1.36. The summed E-state index contributed by atoms with van der Waals surface area (Å²) < 4.78 is 42.8. The third-order valence-electron chi connectivity index (χ3n) is 4.30. The zero-order valence-electron chi connectivity index (χ0n) is 15.9. The van der Waals surface area contributed by atoms with Crippen molar-refractivity contribution in [2.75, 3.05) is 13.7 Å². The van der Waals surface area contributed by atoms with Gasteiger partial charge in [-0.05, 0) is 36.2 Å². The predicted octanol–water partition coefficient (Wildman–Crippen LogP) is 4.23. The molecule has 1 heterocycles. The van der Waals surface area contributed by atoms with E-state index in [-0.39, 0.29) is 23.2 Å². The second-order valence-corrected chi connectivity index (χ2v) is 6.92. The van der Waals surface area contributed by atoms with Gasteiger partial charge in [-0.1, -0.05) is 23.6 Å². The van der Waals surface area contributed by atoms with Crippen LogP contribution in [0.3, 0.4) is 0 Å². The van der Waals surface area contributed by atoms with Gasteiger partial charge in [-0.25, -0.2) is 4.39 Å². The molecular weight excluding hydrogens is 400 g/mol. The van der Waals surface area contributed by atoms with Gasteiger partial charge in [0.05, 0.1) is 24.6 Å². The minimum atomic E-state index is -2.89. The Labute approximate surface area is 167 Å². The molecule has 29 heavy (non-hydrogen) atoms. The van der Waals surface area contributed by atoms with Gasteiger partial charge >= 0.3 is 8.25 Å². The van der Waals surface area contributed by atoms with E-state index in [0.717, 1.165) is 0 Å². The topological polar surface area (TPSA) is 87.0 Å². The highest BCUT2D eigenvalue weighted by molar-refractivity contribution is 7.32. The molecule has 1 aromatic heterocycles. The SMILES string of the molecule is CCCOc1ccc(F)c2c(=O)c(-c3ccc(OC)cc3)cn(CO[P+](=O)O)c12. The smallest absolute Gasteiger partial charge is 0.497 e. The Morgan fingerprint density at radius 3 is 2.52 bits per heavy atom. The van der Waals surface area contributed by atoms with E-state index in [1.807, 2.05) is 6.92 Å².